The minimum atomic E-state index is -2.24. The van der Waals surface area contributed by atoms with Gasteiger partial charge in [0.15, 0.2) is 0 Å². The monoisotopic (exact) mass is 207 g/mol. The number of nitrogens with zero attached hydrogens (tertiary/aromatic N) is 1. The topological polar surface area (TPSA) is 84.5 Å². The average Bonchev–Trinajstić information content (AvgIpc) is 2.09. The third-order valence-corrected chi connectivity index (χ3v) is 1.91. The Morgan fingerprint density at radius 2 is 1.85 bits per heavy atom. The molecule has 0 bridgehead atoms. The van der Waals surface area contributed by atoms with Crippen molar-refractivity contribution in [1.82, 2.24) is 5.32 Å². The Balaban J connectivity index is 3.04. The highest BCUT2D eigenvalue weighted by Gasteiger charge is 1.88. The summed E-state index contributed by atoms with van der Waals surface area (Å²) in [7, 11) is -2.24. The Bertz CT molecular complexity index is 218. The van der Waals surface area contributed by atoms with Gasteiger partial charge < -0.3 is 11.1 Å². The molecule has 13 heavy (non-hydrogen) atoms. The first-order chi connectivity index (χ1) is 6.27. The predicted octanol–water partition coefficient (Wildman–Crippen LogP) is -0.232. The van der Waals surface area contributed by atoms with Crippen LogP contribution in [0.3, 0.4) is 0 Å². The van der Waals surface area contributed by atoms with Gasteiger partial charge in [0.1, 0.15) is 0 Å². The van der Waals surface area contributed by atoms with Gasteiger partial charge in [-0.15, -0.1) is 0 Å². The number of hydrogen-bond acceptors (Lipinski definition) is 5. The molecular weight excluding hydrogens is 190 g/mol. The van der Waals surface area contributed by atoms with E-state index in [0.29, 0.717) is 13.1 Å². The van der Waals surface area contributed by atoms with Gasteiger partial charge in [-0.2, -0.15) is 12.8 Å². The molecule has 5 nitrogen and oxygen atoms in total. The van der Waals surface area contributed by atoms with Crippen LogP contribution in [0.2, 0.25) is 0 Å². The van der Waals surface area contributed by atoms with Crippen molar-refractivity contribution in [2.24, 2.45) is 10.1 Å². The van der Waals surface area contributed by atoms with Gasteiger partial charge in [-0.3, -0.25) is 0 Å². The van der Waals surface area contributed by atoms with Crippen molar-refractivity contribution in [3.63, 3.8) is 0 Å². The largest absolute Gasteiger partial charge is 0.330 e. The SMILES string of the molecule is NCCCNCCCCN=S(=O)=O. The summed E-state index contributed by atoms with van der Waals surface area (Å²) in [6, 6.07) is 0. The van der Waals surface area contributed by atoms with E-state index in [4.69, 9.17) is 5.73 Å². The van der Waals surface area contributed by atoms with Crippen LogP contribution in [0.4, 0.5) is 0 Å². The lowest BCUT2D eigenvalue weighted by Crippen LogP contribution is -2.19. The Morgan fingerprint density at radius 1 is 1.15 bits per heavy atom. The van der Waals surface area contributed by atoms with Gasteiger partial charge in [-0.1, -0.05) is 0 Å². The van der Waals surface area contributed by atoms with E-state index in [0.717, 1.165) is 32.4 Å². The molecule has 0 aliphatic carbocycles. The maximum atomic E-state index is 9.98. The molecule has 6 heteroatoms. The molecule has 0 spiro atoms. The minimum Gasteiger partial charge on any atom is -0.330 e. The van der Waals surface area contributed by atoms with Crippen LogP contribution in [-0.4, -0.2) is 34.6 Å². The Hall–Kier alpha value is -0.460. The van der Waals surface area contributed by atoms with Crippen LogP contribution in [0.5, 0.6) is 0 Å². The lowest BCUT2D eigenvalue weighted by Gasteiger charge is -2.01. The van der Waals surface area contributed by atoms with Crippen LogP contribution >= 0.6 is 0 Å². The molecule has 0 radical (unpaired) electrons. The maximum Gasteiger partial charge on any atom is 0.311 e. The third-order valence-electron chi connectivity index (χ3n) is 1.52. The van der Waals surface area contributed by atoms with Crippen molar-refractivity contribution in [1.29, 1.82) is 0 Å². The first kappa shape index (κ1) is 12.5. The molecule has 78 valence electrons. The highest BCUT2D eigenvalue weighted by Crippen LogP contribution is 1.87. The summed E-state index contributed by atoms with van der Waals surface area (Å²) in [5.41, 5.74) is 5.30. The van der Waals surface area contributed by atoms with E-state index < -0.39 is 10.5 Å². The molecule has 0 aromatic carbocycles. The van der Waals surface area contributed by atoms with Crippen molar-refractivity contribution in [3.05, 3.63) is 0 Å². The standard InChI is InChI=1S/C7H17N3O2S/c8-4-3-6-9-5-1-2-7-10-13(11)12/h9H,1-8H2. The van der Waals surface area contributed by atoms with E-state index >= 15 is 0 Å². The van der Waals surface area contributed by atoms with Crippen molar-refractivity contribution < 1.29 is 8.42 Å². The van der Waals surface area contributed by atoms with Crippen LogP contribution < -0.4 is 11.1 Å². The summed E-state index contributed by atoms with van der Waals surface area (Å²) >= 11 is 0. The molecule has 0 aromatic rings. The predicted molar refractivity (Wildman–Crippen MR) is 52.0 cm³/mol. The van der Waals surface area contributed by atoms with Crippen LogP contribution in [0.15, 0.2) is 4.36 Å². The number of nitrogens with one attached hydrogen (secondary N) is 1. The van der Waals surface area contributed by atoms with Gasteiger partial charge in [-0.05, 0) is 38.9 Å². The van der Waals surface area contributed by atoms with Gasteiger partial charge in [0.25, 0.3) is 0 Å². The normalized spacial score (nSPS) is 9.92. The van der Waals surface area contributed by atoms with Crippen LogP contribution in [-0.2, 0) is 10.5 Å². The van der Waals surface area contributed by atoms with E-state index in [1.165, 1.54) is 0 Å². The van der Waals surface area contributed by atoms with Crippen LogP contribution in [0.1, 0.15) is 19.3 Å². The van der Waals surface area contributed by atoms with E-state index in [1.807, 2.05) is 0 Å². The minimum absolute atomic E-state index is 0.397. The van der Waals surface area contributed by atoms with Crippen molar-refractivity contribution in [2.75, 3.05) is 26.2 Å². The van der Waals surface area contributed by atoms with Gasteiger partial charge in [-0.25, -0.2) is 0 Å². The zero-order valence-corrected chi connectivity index (χ0v) is 8.52. The molecule has 0 atom stereocenters. The molecule has 0 aliphatic heterocycles. The summed E-state index contributed by atoms with van der Waals surface area (Å²) in [4.78, 5) is 0. The maximum absolute atomic E-state index is 9.98. The first-order valence-electron chi connectivity index (χ1n) is 4.45. The summed E-state index contributed by atoms with van der Waals surface area (Å²) in [5.74, 6) is 0. The van der Waals surface area contributed by atoms with Gasteiger partial charge in [0.2, 0.25) is 0 Å². The molecule has 0 rings (SSSR count). The Labute approximate surface area is 80.4 Å². The smallest absolute Gasteiger partial charge is 0.311 e. The molecule has 0 fully saturated rings. The number of hydrogen-bond donors (Lipinski definition) is 2. The second-order valence-corrected chi connectivity index (χ2v) is 3.36. The zero-order chi connectivity index (χ0) is 9.94. The molecule has 0 saturated carbocycles. The first-order valence-corrected chi connectivity index (χ1v) is 5.48. The van der Waals surface area contributed by atoms with Crippen LogP contribution in [0.25, 0.3) is 0 Å². The molecule has 0 heterocycles. The quantitative estimate of drug-likeness (QED) is 0.538. The van der Waals surface area contributed by atoms with E-state index in [1.54, 1.807) is 0 Å². The lowest BCUT2D eigenvalue weighted by molar-refractivity contribution is 0.604. The molecule has 0 aliphatic rings. The van der Waals surface area contributed by atoms with Gasteiger partial charge >= 0.3 is 10.5 Å². The van der Waals surface area contributed by atoms with E-state index in [9.17, 15) is 8.42 Å². The van der Waals surface area contributed by atoms with Gasteiger partial charge in [0, 0.05) is 0 Å². The Morgan fingerprint density at radius 3 is 2.46 bits per heavy atom. The van der Waals surface area contributed by atoms with Crippen molar-refractivity contribution in [3.8, 4) is 0 Å². The highest BCUT2D eigenvalue weighted by molar-refractivity contribution is 7.61. The average molecular weight is 207 g/mol. The fraction of sp³-hybridized carbons (Fsp3) is 1.00. The van der Waals surface area contributed by atoms with E-state index in [-0.39, 0.29) is 0 Å². The Kier molecular flexibility index (Phi) is 9.29. The van der Waals surface area contributed by atoms with Gasteiger partial charge in [0.05, 0.1) is 6.54 Å². The number of unbranched alkanes of at least 4 members (excludes halogenated alkanes) is 1. The van der Waals surface area contributed by atoms with Crippen molar-refractivity contribution >= 4 is 10.5 Å². The summed E-state index contributed by atoms with van der Waals surface area (Å²) in [6.07, 6.45) is 2.74. The highest BCUT2D eigenvalue weighted by atomic mass is 32.2. The fourth-order valence-electron chi connectivity index (χ4n) is 0.853. The lowest BCUT2D eigenvalue weighted by atomic mass is 10.3. The molecule has 0 aromatic heterocycles. The third kappa shape index (κ3) is 11.5. The van der Waals surface area contributed by atoms with Crippen molar-refractivity contribution in [2.45, 2.75) is 19.3 Å². The zero-order valence-electron chi connectivity index (χ0n) is 7.70. The second-order valence-electron chi connectivity index (χ2n) is 2.67. The molecule has 0 saturated heterocycles. The molecule has 0 amide bonds. The van der Waals surface area contributed by atoms with Crippen LogP contribution in [0, 0.1) is 0 Å². The fourth-order valence-corrected chi connectivity index (χ4v) is 1.13. The summed E-state index contributed by atoms with van der Waals surface area (Å²) in [6.45, 7) is 2.94. The summed E-state index contributed by atoms with van der Waals surface area (Å²) in [5, 5.41) is 3.20. The van der Waals surface area contributed by atoms with E-state index in [2.05, 4.69) is 9.68 Å². The number of rotatable bonds is 8. The summed E-state index contributed by atoms with van der Waals surface area (Å²) < 4.78 is 23.3. The second kappa shape index (κ2) is 9.63. The number of nitrogens with two attached hydrogens (primary N) is 1. The molecule has 3 N–H and O–H groups in total. The molecule has 0 unspecified atom stereocenters. The molecular formula is C7H17N3O2S.